The zero-order valence-electron chi connectivity index (χ0n) is 16.9. The smallest absolute Gasteiger partial charge is 0.273 e. The zero-order valence-corrected chi connectivity index (χ0v) is 17.7. The molecule has 0 bridgehead atoms. The molecular formula is C22H15N9OS. The van der Waals surface area contributed by atoms with Gasteiger partial charge < -0.3 is 10.3 Å². The minimum atomic E-state index is -0.276. The number of anilines is 3. The standard InChI is InChI=1S/C22H15N9OS/c32-21(30-22-24-11-26-33-22)18-8-12-1-2-13(9-17(12)28-18)20-23-6-5-19(29-20)27-15-3-4-16-14(7-15)10-25-31-16/h1-11,28H,(H,25,31)(H,23,27,29)(H,24,26,30,32). The Morgan fingerprint density at radius 2 is 1.94 bits per heavy atom. The van der Waals surface area contributed by atoms with Crippen LogP contribution in [0.1, 0.15) is 10.5 Å². The molecule has 10 nitrogen and oxygen atoms in total. The van der Waals surface area contributed by atoms with Crippen molar-refractivity contribution in [2.24, 2.45) is 0 Å². The highest BCUT2D eigenvalue weighted by molar-refractivity contribution is 7.09. The van der Waals surface area contributed by atoms with E-state index in [9.17, 15) is 4.79 Å². The lowest BCUT2D eigenvalue weighted by Crippen LogP contribution is -2.11. The Balaban J connectivity index is 1.26. The van der Waals surface area contributed by atoms with Crippen LogP contribution in [-0.4, -0.2) is 40.4 Å². The van der Waals surface area contributed by atoms with Crippen LogP contribution in [-0.2, 0) is 0 Å². The van der Waals surface area contributed by atoms with E-state index in [1.54, 1.807) is 18.5 Å². The predicted molar refractivity (Wildman–Crippen MR) is 127 cm³/mol. The van der Waals surface area contributed by atoms with Crippen LogP contribution in [0.15, 0.2) is 67.3 Å². The quantitative estimate of drug-likeness (QED) is 0.304. The normalized spacial score (nSPS) is 11.2. The predicted octanol–water partition coefficient (Wildman–Crippen LogP) is 4.35. The van der Waals surface area contributed by atoms with E-state index in [0.29, 0.717) is 22.5 Å². The monoisotopic (exact) mass is 453 g/mol. The summed E-state index contributed by atoms with van der Waals surface area (Å²) in [4.78, 5) is 28.7. The summed E-state index contributed by atoms with van der Waals surface area (Å²) in [6.07, 6.45) is 4.89. The first-order chi connectivity index (χ1) is 16.2. The fraction of sp³-hybridized carbons (Fsp3) is 0. The molecule has 0 aliphatic heterocycles. The summed E-state index contributed by atoms with van der Waals surface area (Å²) in [6, 6.07) is 15.3. The van der Waals surface area contributed by atoms with Crippen molar-refractivity contribution in [1.82, 2.24) is 34.5 Å². The minimum Gasteiger partial charge on any atom is -0.350 e. The third-order valence-corrected chi connectivity index (χ3v) is 5.66. The maximum Gasteiger partial charge on any atom is 0.273 e. The Morgan fingerprint density at radius 3 is 2.85 bits per heavy atom. The van der Waals surface area contributed by atoms with Crippen molar-refractivity contribution in [2.75, 3.05) is 10.6 Å². The Kier molecular flexibility index (Phi) is 4.51. The molecule has 11 heteroatoms. The molecular weight excluding hydrogens is 438 g/mol. The maximum absolute atomic E-state index is 12.5. The van der Waals surface area contributed by atoms with Gasteiger partial charge in [0.05, 0.1) is 11.7 Å². The SMILES string of the molecule is O=C(Nc1ncns1)c1cc2ccc(-c3nccc(Nc4ccc5[nH]ncc5c4)n3)cc2[nH]1. The van der Waals surface area contributed by atoms with Crippen molar-refractivity contribution < 1.29 is 4.79 Å². The average Bonchev–Trinajstić information content (AvgIpc) is 3.59. The van der Waals surface area contributed by atoms with Crippen molar-refractivity contribution in [2.45, 2.75) is 0 Å². The van der Waals surface area contributed by atoms with Crippen molar-refractivity contribution >= 4 is 55.9 Å². The zero-order chi connectivity index (χ0) is 22.2. The third-order valence-electron chi connectivity index (χ3n) is 5.08. The van der Waals surface area contributed by atoms with Gasteiger partial charge in [-0.05, 0) is 36.4 Å². The maximum atomic E-state index is 12.5. The van der Waals surface area contributed by atoms with Gasteiger partial charge in [-0.1, -0.05) is 12.1 Å². The number of carbonyl (C=O) groups is 1. The van der Waals surface area contributed by atoms with Crippen LogP contribution in [0.25, 0.3) is 33.2 Å². The van der Waals surface area contributed by atoms with Gasteiger partial charge in [-0.15, -0.1) is 0 Å². The highest BCUT2D eigenvalue weighted by Gasteiger charge is 2.13. The van der Waals surface area contributed by atoms with Gasteiger partial charge in [0.2, 0.25) is 5.13 Å². The molecule has 0 aliphatic carbocycles. The van der Waals surface area contributed by atoms with E-state index in [1.807, 2.05) is 42.5 Å². The van der Waals surface area contributed by atoms with E-state index >= 15 is 0 Å². The topological polar surface area (TPSA) is 137 Å². The first-order valence-electron chi connectivity index (χ1n) is 9.96. The number of fused-ring (bicyclic) bond motifs is 2. The largest absolute Gasteiger partial charge is 0.350 e. The molecule has 33 heavy (non-hydrogen) atoms. The van der Waals surface area contributed by atoms with Crippen molar-refractivity contribution in [3.63, 3.8) is 0 Å². The lowest BCUT2D eigenvalue weighted by Gasteiger charge is -2.07. The Morgan fingerprint density at radius 1 is 0.970 bits per heavy atom. The molecule has 4 N–H and O–H groups in total. The molecule has 0 atom stereocenters. The van der Waals surface area contributed by atoms with Gasteiger partial charge in [-0.2, -0.15) is 9.47 Å². The fourth-order valence-corrected chi connectivity index (χ4v) is 3.94. The summed E-state index contributed by atoms with van der Waals surface area (Å²) in [5.74, 6) is 0.967. The van der Waals surface area contributed by atoms with Crippen LogP contribution in [0, 0.1) is 0 Å². The lowest BCUT2D eigenvalue weighted by atomic mass is 10.1. The van der Waals surface area contributed by atoms with Crippen LogP contribution in [0.5, 0.6) is 0 Å². The van der Waals surface area contributed by atoms with Crippen LogP contribution < -0.4 is 10.6 Å². The molecule has 160 valence electrons. The second-order valence-corrected chi connectivity index (χ2v) is 8.03. The number of hydrogen-bond donors (Lipinski definition) is 4. The summed E-state index contributed by atoms with van der Waals surface area (Å²) >= 11 is 1.12. The molecule has 0 aliphatic rings. The second-order valence-electron chi connectivity index (χ2n) is 7.25. The first kappa shape index (κ1) is 19.1. The van der Waals surface area contributed by atoms with Gasteiger partial charge >= 0.3 is 0 Å². The number of nitrogens with one attached hydrogen (secondary N) is 4. The molecule has 0 saturated heterocycles. The van der Waals surface area contributed by atoms with Crippen molar-refractivity contribution in [1.29, 1.82) is 0 Å². The van der Waals surface area contributed by atoms with E-state index in [4.69, 9.17) is 0 Å². The van der Waals surface area contributed by atoms with E-state index in [2.05, 4.69) is 45.1 Å². The van der Waals surface area contributed by atoms with E-state index in [1.165, 1.54) is 6.33 Å². The molecule has 6 rings (SSSR count). The lowest BCUT2D eigenvalue weighted by molar-refractivity contribution is 0.102. The number of nitrogens with zero attached hydrogens (tertiary/aromatic N) is 5. The molecule has 0 spiro atoms. The number of benzene rings is 2. The van der Waals surface area contributed by atoms with Gasteiger partial charge in [0.1, 0.15) is 17.8 Å². The third kappa shape index (κ3) is 3.77. The molecule has 6 aromatic rings. The van der Waals surface area contributed by atoms with E-state index in [0.717, 1.165) is 44.6 Å². The Bertz CT molecular complexity index is 1600. The summed E-state index contributed by atoms with van der Waals surface area (Å²) in [7, 11) is 0. The summed E-state index contributed by atoms with van der Waals surface area (Å²) in [5.41, 5.74) is 3.94. The Labute approximate surface area is 190 Å². The molecule has 0 radical (unpaired) electrons. The van der Waals surface area contributed by atoms with Gasteiger partial charge in [0, 0.05) is 45.3 Å². The van der Waals surface area contributed by atoms with Crippen LogP contribution in [0.3, 0.4) is 0 Å². The first-order valence-corrected chi connectivity index (χ1v) is 10.7. The number of amides is 1. The molecule has 4 heterocycles. The molecule has 0 unspecified atom stereocenters. The molecule has 4 aromatic heterocycles. The molecule has 2 aromatic carbocycles. The second kappa shape index (κ2) is 7.80. The minimum absolute atomic E-state index is 0.276. The number of carbonyl (C=O) groups excluding carboxylic acids is 1. The summed E-state index contributed by atoms with van der Waals surface area (Å²) in [5, 5.41) is 15.4. The average molecular weight is 453 g/mol. The van der Waals surface area contributed by atoms with Crippen molar-refractivity contribution in [3.8, 4) is 11.4 Å². The van der Waals surface area contributed by atoms with Crippen molar-refractivity contribution in [3.05, 3.63) is 72.9 Å². The number of hydrogen-bond acceptors (Lipinski definition) is 8. The molecule has 0 fully saturated rings. The number of rotatable bonds is 5. The molecule has 1 amide bonds. The van der Waals surface area contributed by atoms with E-state index in [-0.39, 0.29) is 5.91 Å². The van der Waals surface area contributed by atoms with Gasteiger partial charge in [0.15, 0.2) is 5.82 Å². The van der Waals surface area contributed by atoms with Crippen LogP contribution >= 0.6 is 11.5 Å². The summed E-state index contributed by atoms with van der Waals surface area (Å²) < 4.78 is 3.88. The van der Waals surface area contributed by atoms with Crippen LogP contribution in [0.4, 0.5) is 16.6 Å². The fourth-order valence-electron chi connectivity index (χ4n) is 3.52. The summed E-state index contributed by atoms with van der Waals surface area (Å²) in [6.45, 7) is 0. The van der Waals surface area contributed by atoms with Gasteiger partial charge in [-0.3, -0.25) is 15.2 Å². The van der Waals surface area contributed by atoms with Crippen LogP contribution in [0.2, 0.25) is 0 Å². The Hall–Kier alpha value is -4.64. The highest BCUT2D eigenvalue weighted by Crippen LogP contribution is 2.25. The van der Waals surface area contributed by atoms with E-state index < -0.39 is 0 Å². The number of aromatic amines is 2. The molecule has 0 saturated carbocycles. The number of aromatic nitrogens is 7. The van der Waals surface area contributed by atoms with Gasteiger partial charge in [0.25, 0.3) is 5.91 Å². The number of H-pyrrole nitrogens is 2. The van der Waals surface area contributed by atoms with Gasteiger partial charge in [-0.25, -0.2) is 15.0 Å². The highest BCUT2D eigenvalue weighted by atomic mass is 32.1.